The van der Waals surface area contributed by atoms with Gasteiger partial charge in [0.2, 0.25) is 5.88 Å². The van der Waals surface area contributed by atoms with Gasteiger partial charge in [-0.1, -0.05) is 12.1 Å². The van der Waals surface area contributed by atoms with Gasteiger partial charge in [-0.15, -0.1) is 0 Å². The number of nitrogens with zero attached hydrogens (tertiary/aromatic N) is 1. The molecular formula is C13H10F3NO2. The molecule has 1 aromatic heterocycles. The Kier molecular flexibility index (Phi) is 3.33. The highest BCUT2D eigenvalue weighted by molar-refractivity contribution is 5.44. The van der Waals surface area contributed by atoms with E-state index in [1.54, 1.807) is 6.92 Å². The van der Waals surface area contributed by atoms with Gasteiger partial charge in [-0.05, 0) is 25.1 Å². The van der Waals surface area contributed by atoms with Gasteiger partial charge < -0.3 is 9.84 Å². The molecule has 3 nitrogen and oxygen atoms in total. The predicted molar refractivity (Wildman–Crippen MR) is 62.2 cm³/mol. The first-order chi connectivity index (χ1) is 8.88. The monoisotopic (exact) mass is 269 g/mol. The number of phenols is 1. The summed E-state index contributed by atoms with van der Waals surface area (Å²) < 4.78 is 42.7. The summed E-state index contributed by atoms with van der Waals surface area (Å²) in [6.45, 7) is 1.60. The molecule has 1 N–H and O–H groups in total. The largest absolute Gasteiger partial charge is 0.508 e. The molecule has 0 amide bonds. The summed E-state index contributed by atoms with van der Waals surface area (Å²) in [6, 6.07) is 7.92. The number of ether oxygens (including phenoxy) is 1. The van der Waals surface area contributed by atoms with Gasteiger partial charge in [0, 0.05) is 11.6 Å². The van der Waals surface area contributed by atoms with Crippen molar-refractivity contribution in [2.24, 2.45) is 0 Å². The van der Waals surface area contributed by atoms with Crippen LogP contribution in [0.25, 0.3) is 0 Å². The smallest absolute Gasteiger partial charge is 0.433 e. The van der Waals surface area contributed by atoms with Gasteiger partial charge in [-0.25, -0.2) is 4.98 Å². The Morgan fingerprint density at radius 1 is 1.11 bits per heavy atom. The molecule has 0 aliphatic carbocycles. The predicted octanol–water partition coefficient (Wildman–Crippen LogP) is 3.91. The van der Waals surface area contributed by atoms with Crippen LogP contribution in [-0.2, 0) is 6.18 Å². The summed E-state index contributed by atoms with van der Waals surface area (Å²) in [4.78, 5) is 3.38. The molecular weight excluding hydrogens is 259 g/mol. The van der Waals surface area contributed by atoms with E-state index in [0.29, 0.717) is 5.56 Å². The highest BCUT2D eigenvalue weighted by Crippen LogP contribution is 2.32. The Hall–Kier alpha value is -2.24. The van der Waals surface area contributed by atoms with Crippen molar-refractivity contribution in [2.45, 2.75) is 13.1 Å². The van der Waals surface area contributed by atoms with Gasteiger partial charge in [0.05, 0.1) is 0 Å². The van der Waals surface area contributed by atoms with E-state index in [9.17, 15) is 18.3 Å². The second-order valence-electron chi connectivity index (χ2n) is 3.86. The molecule has 0 fully saturated rings. The van der Waals surface area contributed by atoms with Gasteiger partial charge >= 0.3 is 6.18 Å². The summed E-state index contributed by atoms with van der Waals surface area (Å²) >= 11 is 0. The lowest BCUT2D eigenvalue weighted by Crippen LogP contribution is -2.08. The molecule has 0 saturated heterocycles. The van der Waals surface area contributed by atoms with Crippen LogP contribution in [0, 0.1) is 6.92 Å². The normalized spacial score (nSPS) is 11.4. The molecule has 0 bridgehead atoms. The van der Waals surface area contributed by atoms with Gasteiger partial charge in [-0.2, -0.15) is 13.2 Å². The third kappa shape index (κ3) is 2.96. The first-order valence-electron chi connectivity index (χ1n) is 5.38. The van der Waals surface area contributed by atoms with Crippen molar-refractivity contribution in [1.82, 2.24) is 4.98 Å². The molecule has 0 unspecified atom stereocenters. The van der Waals surface area contributed by atoms with Crippen LogP contribution in [0.15, 0.2) is 36.4 Å². The molecule has 1 aromatic carbocycles. The van der Waals surface area contributed by atoms with E-state index >= 15 is 0 Å². The molecule has 1 heterocycles. The number of phenolic OH excluding ortho intramolecular Hbond substituents is 1. The number of aromatic nitrogens is 1. The van der Waals surface area contributed by atoms with Gasteiger partial charge in [0.15, 0.2) is 0 Å². The molecule has 6 heteroatoms. The summed E-state index contributed by atoms with van der Waals surface area (Å²) in [5.74, 6) is 0.0832. The quantitative estimate of drug-likeness (QED) is 0.898. The zero-order chi connectivity index (χ0) is 14.0. The fourth-order valence-corrected chi connectivity index (χ4v) is 1.46. The molecule has 0 aliphatic heterocycles. The van der Waals surface area contributed by atoms with Crippen LogP contribution in [0.3, 0.4) is 0 Å². The number of benzene rings is 1. The molecule has 0 atom stereocenters. The molecule has 0 spiro atoms. The lowest BCUT2D eigenvalue weighted by Gasteiger charge is -2.10. The summed E-state index contributed by atoms with van der Waals surface area (Å²) in [5.41, 5.74) is -0.593. The minimum absolute atomic E-state index is 0.00414. The van der Waals surface area contributed by atoms with E-state index in [4.69, 9.17) is 4.74 Å². The highest BCUT2D eigenvalue weighted by Gasteiger charge is 2.32. The number of rotatable bonds is 2. The molecule has 2 rings (SSSR count). The SMILES string of the molecule is Cc1c(O)cccc1Oc1cccc(C(F)(F)F)n1. The van der Waals surface area contributed by atoms with Crippen molar-refractivity contribution < 1.29 is 23.0 Å². The van der Waals surface area contributed by atoms with Crippen molar-refractivity contribution in [3.8, 4) is 17.4 Å². The van der Waals surface area contributed by atoms with E-state index in [1.807, 2.05) is 0 Å². The van der Waals surface area contributed by atoms with E-state index in [0.717, 1.165) is 6.07 Å². The van der Waals surface area contributed by atoms with Crippen molar-refractivity contribution >= 4 is 0 Å². The van der Waals surface area contributed by atoms with Gasteiger partial charge in [-0.3, -0.25) is 0 Å². The zero-order valence-electron chi connectivity index (χ0n) is 9.90. The Labute approximate surface area is 107 Å². The number of aromatic hydroxyl groups is 1. The number of hydrogen-bond donors (Lipinski definition) is 1. The van der Waals surface area contributed by atoms with E-state index < -0.39 is 11.9 Å². The minimum Gasteiger partial charge on any atom is -0.508 e. The number of halogens is 3. The zero-order valence-corrected chi connectivity index (χ0v) is 9.90. The van der Waals surface area contributed by atoms with E-state index in [-0.39, 0.29) is 17.4 Å². The molecule has 0 aliphatic rings. The Morgan fingerprint density at radius 2 is 1.79 bits per heavy atom. The Bertz CT molecular complexity index is 597. The fourth-order valence-electron chi connectivity index (χ4n) is 1.46. The van der Waals surface area contributed by atoms with Crippen molar-refractivity contribution in [3.05, 3.63) is 47.7 Å². The average Bonchev–Trinajstić information content (AvgIpc) is 2.34. The Morgan fingerprint density at radius 3 is 2.47 bits per heavy atom. The van der Waals surface area contributed by atoms with Crippen molar-refractivity contribution in [3.63, 3.8) is 0 Å². The number of hydrogen-bond acceptors (Lipinski definition) is 3. The third-order valence-electron chi connectivity index (χ3n) is 2.48. The number of alkyl halides is 3. The molecule has 19 heavy (non-hydrogen) atoms. The second kappa shape index (κ2) is 4.79. The summed E-state index contributed by atoms with van der Waals surface area (Å²) in [7, 11) is 0. The molecule has 100 valence electrons. The van der Waals surface area contributed by atoms with Crippen molar-refractivity contribution in [1.29, 1.82) is 0 Å². The molecule has 0 radical (unpaired) electrons. The van der Waals surface area contributed by atoms with Crippen LogP contribution in [0.5, 0.6) is 17.4 Å². The van der Waals surface area contributed by atoms with Crippen molar-refractivity contribution in [2.75, 3.05) is 0 Å². The topological polar surface area (TPSA) is 42.4 Å². The highest BCUT2D eigenvalue weighted by atomic mass is 19.4. The first-order valence-corrected chi connectivity index (χ1v) is 5.38. The lowest BCUT2D eigenvalue weighted by molar-refractivity contribution is -0.141. The maximum atomic E-state index is 12.5. The van der Waals surface area contributed by atoms with Crippen LogP contribution in [0.4, 0.5) is 13.2 Å². The minimum atomic E-state index is -4.52. The van der Waals surface area contributed by atoms with E-state index in [2.05, 4.69) is 4.98 Å². The average molecular weight is 269 g/mol. The van der Waals surface area contributed by atoms with Crippen LogP contribution in [-0.4, -0.2) is 10.1 Å². The third-order valence-corrected chi connectivity index (χ3v) is 2.48. The molecule has 2 aromatic rings. The fraction of sp³-hybridized carbons (Fsp3) is 0.154. The maximum Gasteiger partial charge on any atom is 0.433 e. The maximum absolute atomic E-state index is 12.5. The lowest BCUT2D eigenvalue weighted by atomic mass is 10.2. The van der Waals surface area contributed by atoms with Gasteiger partial charge in [0.25, 0.3) is 0 Å². The van der Waals surface area contributed by atoms with Crippen LogP contribution < -0.4 is 4.74 Å². The standard InChI is InChI=1S/C13H10F3NO2/c1-8-9(18)4-2-5-10(8)19-12-7-3-6-11(17-12)13(14,15)16/h2-7,18H,1H3. The van der Waals surface area contributed by atoms with Crippen LogP contribution in [0.2, 0.25) is 0 Å². The van der Waals surface area contributed by atoms with Crippen LogP contribution in [0.1, 0.15) is 11.3 Å². The van der Waals surface area contributed by atoms with E-state index in [1.165, 1.54) is 30.3 Å². The second-order valence-corrected chi connectivity index (χ2v) is 3.86. The Balaban J connectivity index is 2.31. The molecule has 0 saturated carbocycles. The van der Waals surface area contributed by atoms with Crippen LogP contribution >= 0.6 is 0 Å². The summed E-state index contributed by atoms with van der Waals surface area (Å²) in [5, 5.41) is 9.48. The number of pyridine rings is 1. The van der Waals surface area contributed by atoms with Gasteiger partial charge in [0.1, 0.15) is 17.2 Å². The summed E-state index contributed by atoms with van der Waals surface area (Å²) in [6.07, 6.45) is -4.52. The first kappa shape index (κ1) is 13.2.